The van der Waals surface area contributed by atoms with Crippen LogP contribution in [-0.2, 0) is 0 Å². The van der Waals surface area contributed by atoms with Crippen molar-refractivity contribution in [3.05, 3.63) is 81.4 Å². The smallest absolute Gasteiger partial charge is 0.169 e. The molecule has 4 rings (SSSR count). The van der Waals surface area contributed by atoms with Crippen molar-refractivity contribution in [2.24, 2.45) is 0 Å². The van der Waals surface area contributed by atoms with E-state index >= 15 is 0 Å². The van der Waals surface area contributed by atoms with E-state index in [-0.39, 0.29) is 12.1 Å². The number of rotatable bonds is 3. The summed E-state index contributed by atoms with van der Waals surface area (Å²) < 4.78 is 2.17. The number of nitrogens with one attached hydrogen (secondary N) is 1. The normalized spacial score (nSPS) is 19.2. The standard InChI is InChI=1S/C21H20Cl2N4S/c1-12-10-15(13(2)27(12)18-8-7-14(22)11-16(18)23)20-19(25-21(28)26(20)3)17-6-4-5-9-24-17/h4-11,19-20H,1-3H3,(H,25,28)/t19-,20-/m0/s1. The number of pyridine rings is 1. The first-order valence-corrected chi connectivity index (χ1v) is 10.1. The molecule has 1 aliphatic heterocycles. The number of aromatic nitrogens is 2. The van der Waals surface area contributed by atoms with E-state index in [1.165, 1.54) is 5.56 Å². The lowest BCUT2D eigenvalue weighted by molar-refractivity contribution is 0.367. The lowest BCUT2D eigenvalue weighted by Crippen LogP contribution is -2.25. The van der Waals surface area contributed by atoms with Crippen LogP contribution >= 0.6 is 35.4 Å². The highest BCUT2D eigenvalue weighted by molar-refractivity contribution is 7.80. The van der Waals surface area contributed by atoms with Gasteiger partial charge in [-0.25, -0.2) is 0 Å². The Morgan fingerprint density at radius 2 is 1.89 bits per heavy atom. The van der Waals surface area contributed by atoms with Crippen molar-refractivity contribution in [1.29, 1.82) is 0 Å². The van der Waals surface area contributed by atoms with Crippen molar-refractivity contribution in [2.45, 2.75) is 25.9 Å². The molecular weight excluding hydrogens is 411 g/mol. The van der Waals surface area contributed by atoms with Crippen LogP contribution in [0, 0.1) is 13.8 Å². The van der Waals surface area contributed by atoms with Crippen LogP contribution in [0.3, 0.4) is 0 Å². The van der Waals surface area contributed by atoms with Crippen LogP contribution in [0.5, 0.6) is 0 Å². The van der Waals surface area contributed by atoms with Crippen LogP contribution in [0.1, 0.15) is 34.7 Å². The molecule has 144 valence electrons. The Hall–Kier alpha value is -2.08. The van der Waals surface area contributed by atoms with Crippen molar-refractivity contribution in [3.8, 4) is 5.69 Å². The molecule has 3 heterocycles. The van der Waals surface area contributed by atoms with Gasteiger partial charge in [-0.05, 0) is 68.0 Å². The monoisotopic (exact) mass is 430 g/mol. The number of nitrogens with zero attached hydrogens (tertiary/aromatic N) is 3. The van der Waals surface area contributed by atoms with Crippen molar-refractivity contribution >= 4 is 40.5 Å². The summed E-state index contributed by atoms with van der Waals surface area (Å²) in [6.07, 6.45) is 1.81. The van der Waals surface area contributed by atoms with Gasteiger partial charge in [0.05, 0.1) is 28.5 Å². The maximum absolute atomic E-state index is 6.49. The van der Waals surface area contributed by atoms with Gasteiger partial charge in [0.25, 0.3) is 0 Å². The average molecular weight is 431 g/mol. The van der Waals surface area contributed by atoms with Gasteiger partial charge in [-0.2, -0.15) is 0 Å². The molecule has 0 unspecified atom stereocenters. The zero-order valence-corrected chi connectivity index (χ0v) is 18.1. The van der Waals surface area contributed by atoms with Crippen LogP contribution in [0.15, 0.2) is 48.7 Å². The minimum absolute atomic E-state index is 0.0201. The lowest BCUT2D eigenvalue weighted by Gasteiger charge is -2.24. The van der Waals surface area contributed by atoms with E-state index in [1.807, 2.05) is 43.6 Å². The molecule has 1 saturated heterocycles. The van der Waals surface area contributed by atoms with E-state index in [0.29, 0.717) is 10.0 Å². The van der Waals surface area contributed by atoms with Crippen LogP contribution in [0.25, 0.3) is 5.69 Å². The topological polar surface area (TPSA) is 33.1 Å². The molecule has 0 bridgehead atoms. The molecular formula is C21H20Cl2N4S. The molecule has 1 aromatic carbocycles. The third-order valence-electron chi connectivity index (χ3n) is 5.28. The van der Waals surface area contributed by atoms with Gasteiger partial charge in [-0.1, -0.05) is 29.3 Å². The number of benzene rings is 1. The maximum Gasteiger partial charge on any atom is 0.169 e. The Bertz CT molecular complexity index is 1050. The second-order valence-electron chi connectivity index (χ2n) is 7.00. The summed E-state index contributed by atoms with van der Waals surface area (Å²) in [5.74, 6) is 0. The van der Waals surface area contributed by atoms with E-state index < -0.39 is 0 Å². The molecule has 4 nitrogen and oxygen atoms in total. The highest BCUT2D eigenvalue weighted by atomic mass is 35.5. The number of likely N-dealkylation sites (N-methyl/N-ethyl adjacent to an activating group) is 1. The molecule has 2 atom stereocenters. The summed E-state index contributed by atoms with van der Waals surface area (Å²) in [4.78, 5) is 6.66. The van der Waals surface area contributed by atoms with E-state index in [4.69, 9.17) is 35.4 Å². The minimum atomic E-state index is -0.0201. The first-order chi connectivity index (χ1) is 13.4. The summed E-state index contributed by atoms with van der Waals surface area (Å²) in [7, 11) is 2.02. The molecule has 1 N–H and O–H groups in total. The Kier molecular flexibility index (Phi) is 5.08. The zero-order chi connectivity index (χ0) is 20.0. The maximum atomic E-state index is 6.49. The fraction of sp³-hybridized carbons (Fsp3) is 0.238. The van der Waals surface area contributed by atoms with Crippen LogP contribution in [0.2, 0.25) is 10.0 Å². The number of halogens is 2. The van der Waals surface area contributed by atoms with Gasteiger partial charge in [-0.15, -0.1) is 0 Å². The van der Waals surface area contributed by atoms with Gasteiger partial charge in [0.15, 0.2) is 5.11 Å². The summed E-state index contributed by atoms with van der Waals surface area (Å²) in [5.41, 5.74) is 5.29. The molecule has 1 fully saturated rings. The lowest BCUT2D eigenvalue weighted by atomic mass is 9.97. The van der Waals surface area contributed by atoms with Gasteiger partial charge in [0, 0.05) is 29.7 Å². The van der Waals surface area contributed by atoms with Gasteiger partial charge >= 0.3 is 0 Å². The fourth-order valence-electron chi connectivity index (χ4n) is 3.97. The van der Waals surface area contributed by atoms with Crippen molar-refractivity contribution in [3.63, 3.8) is 0 Å². The fourth-order valence-corrected chi connectivity index (χ4v) is 4.70. The van der Waals surface area contributed by atoms with Gasteiger partial charge in [0.2, 0.25) is 0 Å². The van der Waals surface area contributed by atoms with Crippen molar-refractivity contribution in [2.75, 3.05) is 7.05 Å². The van der Waals surface area contributed by atoms with Crippen LogP contribution in [0.4, 0.5) is 0 Å². The van der Waals surface area contributed by atoms with Crippen LogP contribution in [-0.4, -0.2) is 26.6 Å². The van der Waals surface area contributed by atoms with Crippen molar-refractivity contribution < 1.29 is 0 Å². The number of aryl methyl sites for hydroxylation is 1. The Labute approximate surface area is 180 Å². The Morgan fingerprint density at radius 3 is 2.57 bits per heavy atom. The first kappa shape index (κ1) is 19.2. The Morgan fingerprint density at radius 1 is 1.11 bits per heavy atom. The molecule has 0 radical (unpaired) electrons. The number of thiocarbonyl (C=S) groups is 1. The molecule has 28 heavy (non-hydrogen) atoms. The third kappa shape index (κ3) is 3.17. The quantitative estimate of drug-likeness (QED) is 0.563. The highest BCUT2D eigenvalue weighted by Crippen LogP contribution is 2.41. The molecule has 0 aliphatic carbocycles. The SMILES string of the molecule is Cc1cc([C@H]2[C@H](c3ccccn3)NC(=S)N2C)c(C)n1-c1ccc(Cl)cc1Cl. The molecule has 7 heteroatoms. The minimum Gasteiger partial charge on any atom is -0.352 e. The van der Waals surface area contributed by atoms with Gasteiger partial charge in [0.1, 0.15) is 0 Å². The average Bonchev–Trinajstić information content (AvgIpc) is 3.12. The highest BCUT2D eigenvalue weighted by Gasteiger charge is 2.39. The van der Waals surface area contributed by atoms with Crippen molar-refractivity contribution in [1.82, 2.24) is 19.8 Å². The Balaban J connectivity index is 1.83. The molecule has 3 aromatic rings. The molecule has 0 saturated carbocycles. The predicted molar refractivity (Wildman–Crippen MR) is 118 cm³/mol. The first-order valence-electron chi connectivity index (χ1n) is 8.97. The molecule has 2 aromatic heterocycles. The summed E-state index contributed by atoms with van der Waals surface area (Å²) >= 11 is 18.1. The van der Waals surface area contributed by atoms with E-state index in [2.05, 4.69) is 39.7 Å². The van der Waals surface area contributed by atoms with Gasteiger partial charge < -0.3 is 14.8 Å². The summed E-state index contributed by atoms with van der Waals surface area (Å²) in [5, 5.41) is 5.39. The molecule has 0 amide bonds. The number of hydrogen-bond acceptors (Lipinski definition) is 2. The summed E-state index contributed by atoms with van der Waals surface area (Å²) in [6.45, 7) is 4.19. The molecule has 1 aliphatic rings. The largest absolute Gasteiger partial charge is 0.352 e. The van der Waals surface area contributed by atoms with Crippen LogP contribution < -0.4 is 5.32 Å². The summed E-state index contributed by atoms with van der Waals surface area (Å²) in [6, 6.07) is 13.7. The predicted octanol–water partition coefficient (Wildman–Crippen LogP) is 5.40. The molecule has 0 spiro atoms. The second kappa shape index (κ2) is 7.39. The van der Waals surface area contributed by atoms with Gasteiger partial charge in [-0.3, -0.25) is 4.98 Å². The second-order valence-corrected chi connectivity index (χ2v) is 8.23. The third-order valence-corrected chi connectivity index (χ3v) is 6.22. The number of hydrogen-bond donors (Lipinski definition) is 1. The van der Waals surface area contributed by atoms with E-state index in [1.54, 1.807) is 6.07 Å². The van der Waals surface area contributed by atoms with E-state index in [0.717, 1.165) is 27.9 Å². The van der Waals surface area contributed by atoms with E-state index in [9.17, 15) is 0 Å². The zero-order valence-electron chi connectivity index (χ0n) is 15.8.